The Balaban J connectivity index is 1.53. The molecule has 2 unspecified atom stereocenters. The minimum Gasteiger partial charge on any atom is -0.391 e. The summed E-state index contributed by atoms with van der Waals surface area (Å²) >= 11 is 0. The smallest absolute Gasteiger partial charge is 0.141 e. The van der Waals surface area contributed by atoms with Crippen LogP contribution < -0.4 is 0 Å². The molecule has 4 aliphatic rings. The average molecular weight is 253 g/mol. The largest absolute Gasteiger partial charge is 0.391 e. The molecule has 4 heteroatoms. The zero-order valence-corrected chi connectivity index (χ0v) is 10.7. The first-order valence-corrected chi connectivity index (χ1v) is 7.03. The highest BCUT2D eigenvalue weighted by Crippen LogP contribution is 2.58. The molecule has 0 saturated heterocycles. The molecule has 0 spiro atoms. The van der Waals surface area contributed by atoms with Crippen molar-refractivity contribution in [3.8, 4) is 0 Å². The van der Waals surface area contributed by atoms with Gasteiger partial charge in [-0.05, 0) is 24.8 Å². The van der Waals surface area contributed by atoms with Crippen molar-refractivity contribution in [2.24, 2.45) is 33.1 Å². The maximum Gasteiger partial charge on any atom is 0.141 e. The zero-order chi connectivity index (χ0) is 12.6. The fraction of sp³-hybridized carbons (Fsp3) is 0.533. The molecular formula is C15H15N3O. The van der Waals surface area contributed by atoms with Gasteiger partial charge in [-0.15, -0.1) is 0 Å². The molecule has 2 bridgehead atoms. The molecule has 2 aliphatic heterocycles. The van der Waals surface area contributed by atoms with Crippen LogP contribution in [-0.4, -0.2) is 23.9 Å². The van der Waals surface area contributed by atoms with Gasteiger partial charge in [0.2, 0.25) is 0 Å². The number of nitrogens with zero attached hydrogens (tertiary/aromatic N) is 3. The predicted molar refractivity (Wildman–Crippen MR) is 70.1 cm³/mol. The molecule has 0 N–H and O–H groups in total. The number of aryl methyl sites for hydroxylation is 1. The highest BCUT2D eigenvalue weighted by molar-refractivity contribution is 6.03. The summed E-state index contributed by atoms with van der Waals surface area (Å²) in [5, 5.41) is 13.0. The summed E-state index contributed by atoms with van der Waals surface area (Å²) < 4.78 is 0. The fourth-order valence-electron chi connectivity index (χ4n) is 4.34. The van der Waals surface area contributed by atoms with Crippen LogP contribution in [0.4, 0.5) is 0 Å². The quantitative estimate of drug-likeness (QED) is 0.758. The van der Waals surface area contributed by atoms with E-state index in [0.29, 0.717) is 29.8 Å². The summed E-state index contributed by atoms with van der Waals surface area (Å²) in [6.45, 7) is 2.11. The van der Waals surface area contributed by atoms with Crippen molar-refractivity contribution in [3.05, 3.63) is 35.4 Å². The standard InChI is InChI=1S/C15H15N3O/c1-7-2-4-8(5-3-7)12-11-9-6-10(15(11)19-18-12)14-13(9)16-17-14/h2-5,9-11,13-15H,6H2,1H3/t9-,10-,11?,13-,14+,15?/m0/s1. The molecule has 2 fully saturated rings. The number of fused-ring (bicyclic) bond motifs is 8. The van der Waals surface area contributed by atoms with Gasteiger partial charge in [0.15, 0.2) is 0 Å². The summed E-state index contributed by atoms with van der Waals surface area (Å²) in [4.78, 5) is 5.75. The van der Waals surface area contributed by atoms with Gasteiger partial charge < -0.3 is 4.84 Å². The number of benzene rings is 1. The van der Waals surface area contributed by atoms with Crippen LogP contribution in [0.5, 0.6) is 0 Å². The molecule has 0 aromatic heterocycles. The Morgan fingerprint density at radius 2 is 1.79 bits per heavy atom. The second-order valence-electron chi connectivity index (χ2n) is 6.21. The van der Waals surface area contributed by atoms with Gasteiger partial charge in [-0.25, -0.2) is 0 Å². The van der Waals surface area contributed by atoms with Crippen LogP contribution in [0.2, 0.25) is 0 Å². The van der Waals surface area contributed by atoms with Gasteiger partial charge in [0, 0.05) is 5.92 Å². The third kappa shape index (κ3) is 1.13. The van der Waals surface area contributed by atoms with Crippen molar-refractivity contribution in [1.82, 2.24) is 0 Å². The maximum atomic E-state index is 5.75. The Kier molecular flexibility index (Phi) is 1.73. The average Bonchev–Trinajstić information content (AvgIpc) is 2.98. The summed E-state index contributed by atoms with van der Waals surface area (Å²) in [7, 11) is 0. The van der Waals surface area contributed by atoms with Crippen LogP contribution in [-0.2, 0) is 4.84 Å². The number of hydrogen-bond acceptors (Lipinski definition) is 4. The van der Waals surface area contributed by atoms with E-state index in [9.17, 15) is 0 Å². The zero-order valence-electron chi connectivity index (χ0n) is 10.7. The van der Waals surface area contributed by atoms with Gasteiger partial charge >= 0.3 is 0 Å². The summed E-state index contributed by atoms with van der Waals surface area (Å²) in [5.41, 5.74) is 3.62. The molecule has 96 valence electrons. The molecule has 0 amide bonds. The monoisotopic (exact) mass is 253 g/mol. The summed E-state index contributed by atoms with van der Waals surface area (Å²) in [6.07, 6.45) is 1.46. The Morgan fingerprint density at radius 1 is 1.05 bits per heavy atom. The summed E-state index contributed by atoms with van der Waals surface area (Å²) in [6, 6.07) is 9.48. The fourth-order valence-corrected chi connectivity index (χ4v) is 4.34. The van der Waals surface area contributed by atoms with E-state index in [1.807, 2.05) is 0 Å². The minimum absolute atomic E-state index is 0.252. The lowest BCUT2D eigenvalue weighted by molar-refractivity contribution is 0.00785. The predicted octanol–water partition coefficient (Wildman–Crippen LogP) is 2.57. The van der Waals surface area contributed by atoms with E-state index in [4.69, 9.17) is 4.84 Å². The first-order valence-electron chi connectivity index (χ1n) is 7.03. The molecule has 1 aromatic carbocycles. The maximum absolute atomic E-state index is 5.75. The molecule has 6 atom stereocenters. The number of azo groups is 1. The van der Waals surface area contributed by atoms with Crippen LogP contribution in [0, 0.1) is 24.7 Å². The molecule has 0 radical (unpaired) electrons. The van der Waals surface area contributed by atoms with Crippen LogP contribution in [0.1, 0.15) is 17.5 Å². The number of hydrogen-bond donors (Lipinski definition) is 0. The van der Waals surface area contributed by atoms with E-state index < -0.39 is 0 Å². The number of rotatable bonds is 1. The highest BCUT2D eigenvalue weighted by atomic mass is 16.6. The van der Waals surface area contributed by atoms with E-state index in [-0.39, 0.29) is 6.10 Å². The number of oxime groups is 1. The van der Waals surface area contributed by atoms with Crippen LogP contribution >= 0.6 is 0 Å². The van der Waals surface area contributed by atoms with Gasteiger partial charge in [-0.3, -0.25) is 0 Å². The molecule has 2 saturated carbocycles. The lowest BCUT2D eigenvalue weighted by Crippen LogP contribution is -2.47. The lowest BCUT2D eigenvalue weighted by Gasteiger charge is -2.36. The van der Waals surface area contributed by atoms with E-state index in [0.717, 1.165) is 5.71 Å². The molecule has 19 heavy (non-hydrogen) atoms. The van der Waals surface area contributed by atoms with Gasteiger partial charge in [0.05, 0.1) is 17.7 Å². The molecule has 2 aliphatic carbocycles. The van der Waals surface area contributed by atoms with Gasteiger partial charge in [-0.2, -0.15) is 10.2 Å². The van der Waals surface area contributed by atoms with Crippen LogP contribution in [0.3, 0.4) is 0 Å². The third-order valence-electron chi connectivity index (χ3n) is 5.28. The SMILES string of the molecule is Cc1ccc(C2=NOC3C2[C@@H]2C[C@H]3[C@H]3N=N[C@H]32)cc1. The topological polar surface area (TPSA) is 46.3 Å². The van der Waals surface area contributed by atoms with Crippen molar-refractivity contribution < 1.29 is 4.84 Å². The Hall–Kier alpha value is -1.71. The normalized spacial score (nSPS) is 44.4. The van der Waals surface area contributed by atoms with Crippen molar-refractivity contribution in [2.75, 3.05) is 0 Å². The first-order chi connectivity index (χ1) is 9.33. The van der Waals surface area contributed by atoms with Crippen LogP contribution in [0.25, 0.3) is 0 Å². The van der Waals surface area contributed by atoms with Crippen molar-refractivity contribution >= 4 is 5.71 Å². The molecule has 5 rings (SSSR count). The van der Waals surface area contributed by atoms with Gasteiger partial charge in [0.25, 0.3) is 0 Å². The van der Waals surface area contributed by atoms with Crippen molar-refractivity contribution in [1.29, 1.82) is 0 Å². The van der Waals surface area contributed by atoms with Crippen molar-refractivity contribution in [3.63, 3.8) is 0 Å². The minimum atomic E-state index is 0.252. The second-order valence-corrected chi connectivity index (χ2v) is 6.21. The molecule has 1 aromatic rings. The van der Waals surface area contributed by atoms with Gasteiger partial charge in [-0.1, -0.05) is 35.0 Å². The Labute approximate surface area is 111 Å². The first kappa shape index (κ1) is 10.1. The lowest BCUT2D eigenvalue weighted by atomic mass is 9.76. The Bertz CT molecular complexity index is 606. The van der Waals surface area contributed by atoms with Gasteiger partial charge in [0.1, 0.15) is 12.1 Å². The Morgan fingerprint density at radius 3 is 2.53 bits per heavy atom. The summed E-state index contributed by atoms with van der Waals surface area (Å²) in [5.74, 6) is 1.58. The molecular weight excluding hydrogens is 238 g/mol. The molecule has 2 heterocycles. The van der Waals surface area contributed by atoms with Crippen molar-refractivity contribution in [2.45, 2.75) is 31.5 Å². The van der Waals surface area contributed by atoms with E-state index in [1.54, 1.807) is 0 Å². The van der Waals surface area contributed by atoms with E-state index >= 15 is 0 Å². The third-order valence-corrected chi connectivity index (χ3v) is 5.28. The highest BCUT2D eigenvalue weighted by Gasteiger charge is 2.65. The van der Waals surface area contributed by atoms with E-state index in [2.05, 4.69) is 46.6 Å². The second kappa shape index (κ2) is 3.24. The van der Waals surface area contributed by atoms with E-state index in [1.165, 1.54) is 17.5 Å². The molecule has 4 nitrogen and oxygen atoms in total. The van der Waals surface area contributed by atoms with Crippen LogP contribution in [0.15, 0.2) is 39.6 Å².